The Bertz CT molecular complexity index is 1120. The van der Waals surface area contributed by atoms with E-state index in [1.807, 2.05) is 74.5 Å². The van der Waals surface area contributed by atoms with Crippen molar-refractivity contribution in [2.45, 2.75) is 13.8 Å². The number of thiocarbonyl (C=S) groups is 1. The number of carbonyl (C=O) groups excluding carboxylic acids is 1. The Morgan fingerprint density at radius 3 is 2.43 bits per heavy atom. The number of hydrogen-bond donors (Lipinski definition) is 0. The average Bonchev–Trinajstić information content (AvgIpc) is 3.12. The lowest BCUT2D eigenvalue weighted by atomic mass is 10.2. The van der Waals surface area contributed by atoms with Crippen LogP contribution in [0.1, 0.15) is 17.0 Å². The largest absolute Gasteiger partial charge is 0.316 e. The topological polar surface area (TPSA) is 25.2 Å². The minimum atomic E-state index is -0.0938. The molecule has 3 aromatic rings. The second-order valence-electron chi connectivity index (χ2n) is 6.47. The van der Waals surface area contributed by atoms with Crippen LogP contribution in [0.25, 0.3) is 11.8 Å². The van der Waals surface area contributed by atoms with Gasteiger partial charge in [0.1, 0.15) is 0 Å². The number of thioether (sulfide) groups is 1. The molecule has 140 valence electrons. The SMILES string of the molecule is Cc1cc(/C=C2/SC(=S)N(c3ccccc3)C2=O)c(C)n1-c1ccccc1Cl. The van der Waals surface area contributed by atoms with E-state index in [0.29, 0.717) is 14.2 Å². The Hall–Kier alpha value is -2.34. The first-order valence-corrected chi connectivity index (χ1v) is 10.3. The van der Waals surface area contributed by atoms with Crippen LogP contribution in [0, 0.1) is 13.8 Å². The number of anilines is 1. The summed E-state index contributed by atoms with van der Waals surface area (Å²) in [7, 11) is 0. The molecule has 2 heterocycles. The maximum absolute atomic E-state index is 13.0. The lowest BCUT2D eigenvalue weighted by Crippen LogP contribution is -2.27. The van der Waals surface area contributed by atoms with Gasteiger partial charge in [-0.15, -0.1) is 0 Å². The third-order valence-electron chi connectivity index (χ3n) is 4.66. The molecule has 0 N–H and O–H groups in total. The average molecular weight is 425 g/mol. The summed E-state index contributed by atoms with van der Waals surface area (Å²) in [5.74, 6) is -0.0938. The fourth-order valence-electron chi connectivity index (χ4n) is 3.35. The first kappa shape index (κ1) is 19.0. The van der Waals surface area contributed by atoms with Gasteiger partial charge in [0.05, 0.1) is 21.3 Å². The summed E-state index contributed by atoms with van der Waals surface area (Å²) in [6.45, 7) is 4.06. The van der Waals surface area contributed by atoms with Crippen LogP contribution in [-0.4, -0.2) is 14.8 Å². The van der Waals surface area contributed by atoms with Crippen molar-refractivity contribution in [1.29, 1.82) is 0 Å². The van der Waals surface area contributed by atoms with E-state index in [0.717, 1.165) is 28.3 Å². The molecule has 0 atom stereocenters. The highest BCUT2D eigenvalue weighted by Gasteiger charge is 2.33. The third-order valence-corrected chi connectivity index (χ3v) is 6.28. The molecule has 0 bridgehead atoms. The molecule has 0 spiro atoms. The minimum Gasteiger partial charge on any atom is -0.316 e. The molecule has 6 heteroatoms. The van der Waals surface area contributed by atoms with E-state index in [4.69, 9.17) is 23.8 Å². The first-order chi connectivity index (χ1) is 13.5. The number of rotatable bonds is 3. The fourth-order valence-corrected chi connectivity index (χ4v) is 4.86. The fraction of sp³-hybridized carbons (Fsp3) is 0.0909. The second kappa shape index (κ2) is 7.59. The number of aromatic nitrogens is 1. The Kier molecular flexibility index (Phi) is 5.15. The zero-order valence-corrected chi connectivity index (χ0v) is 17.7. The second-order valence-corrected chi connectivity index (χ2v) is 8.55. The predicted molar refractivity (Wildman–Crippen MR) is 122 cm³/mol. The zero-order valence-electron chi connectivity index (χ0n) is 15.3. The molecular weight excluding hydrogens is 408 g/mol. The summed E-state index contributed by atoms with van der Waals surface area (Å²) in [4.78, 5) is 15.2. The van der Waals surface area contributed by atoms with Gasteiger partial charge >= 0.3 is 0 Å². The standard InChI is InChI=1S/C22H17ClN2OS2/c1-14-12-16(15(2)24(14)19-11-7-6-10-18(19)23)13-20-21(26)25(22(27)28-20)17-8-4-3-5-9-17/h3-13H,1-2H3/b20-13+. The number of aryl methyl sites for hydroxylation is 1. The number of benzene rings is 2. The number of carbonyl (C=O) groups is 1. The molecule has 1 amide bonds. The zero-order chi connectivity index (χ0) is 19.8. The van der Waals surface area contributed by atoms with Crippen LogP contribution < -0.4 is 4.90 Å². The van der Waals surface area contributed by atoms with Gasteiger partial charge in [0.25, 0.3) is 5.91 Å². The van der Waals surface area contributed by atoms with Crippen molar-refractivity contribution in [2.75, 3.05) is 4.90 Å². The molecule has 0 aliphatic carbocycles. The molecule has 1 aliphatic rings. The van der Waals surface area contributed by atoms with E-state index in [1.54, 1.807) is 4.90 Å². The normalized spacial score (nSPS) is 15.7. The van der Waals surface area contributed by atoms with Gasteiger partial charge in [-0.2, -0.15) is 0 Å². The van der Waals surface area contributed by atoms with Crippen molar-refractivity contribution < 1.29 is 4.79 Å². The van der Waals surface area contributed by atoms with E-state index in [2.05, 4.69) is 10.6 Å². The van der Waals surface area contributed by atoms with E-state index >= 15 is 0 Å². The van der Waals surface area contributed by atoms with Crippen LogP contribution in [0.4, 0.5) is 5.69 Å². The molecule has 0 saturated carbocycles. The quantitative estimate of drug-likeness (QED) is 0.372. The summed E-state index contributed by atoms with van der Waals surface area (Å²) < 4.78 is 2.65. The van der Waals surface area contributed by atoms with Crippen molar-refractivity contribution in [3.8, 4) is 5.69 Å². The van der Waals surface area contributed by atoms with E-state index in [9.17, 15) is 4.79 Å². The van der Waals surface area contributed by atoms with Gasteiger partial charge in [-0.25, -0.2) is 0 Å². The third kappa shape index (κ3) is 3.30. The number of nitrogens with zero attached hydrogens (tertiary/aromatic N) is 2. The Morgan fingerprint density at radius 1 is 1.04 bits per heavy atom. The molecule has 28 heavy (non-hydrogen) atoms. The highest BCUT2D eigenvalue weighted by molar-refractivity contribution is 8.27. The van der Waals surface area contributed by atoms with Crippen molar-refractivity contribution in [3.05, 3.63) is 87.5 Å². The van der Waals surface area contributed by atoms with E-state index in [-0.39, 0.29) is 5.91 Å². The highest BCUT2D eigenvalue weighted by Crippen LogP contribution is 2.37. The summed E-state index contributed by atoms with van der Waals surface area (Å²) in [6, 6.07) is 19.3. The lowest BCUT2D eigenvalue weighted by Gasteiger charge is -2.13. The van der Waals surface area contributed by atoms with Crippen LogP contribution in [0.5, 0.6) is 0 Å². The Balaban J connectivity index is 1.73. The Morgan fingerprint density at radius 2 is 1.71 bits per heavy atom. The molecule has 4 rings (SSSR count). The van der Waals surface area contributed by atoms with Gasteiger partial charge in [0.2, 0.25) is 0 Å². The predicted octanol–water partition coefficient (Wildman–Crippen LogP) is 6.15. The number of amides is 1. The van der Waals surface area contributed by atoms with Crippen LogP contribution in [0.2, 0.25) is 5.02 Å². The molecule has 0 radical (unpaired) electrons. The maximum atomic E-state index is 13.0. The molecule has 1 saturated heterocycles. The van der Waals surface area contributed by atoms with Crippen molar-refractivity contribution >= 4 is 57.6 Å². The van der Waals surface area contributed by atoms with E-state index < -0.39 is 0 Å². The van der Waals surface area contributed by atoms with Gasteiger partial charge < -0.3 is 4.57 Å². The van der Waals surface area contributed by atoms with Gasteiger partial charge in [0.15, 0.2) is 4.32 Å². The van der Waals surface area contributed by atoms with Crippen molar-refractivity contribution in [3.63, 3.8) is 0 Å². The maximum Gasteiger partial charge on any atom is 0.270 e. The summed E-state index contributed by atoms with van der Waals surface area (Å²) >= 11 is 13.2. The summed E-state index contributed by atoms with van der Waals surface area (Å²) in [5.41, 5.74) is 4.77. The number of halogens is 1. The van der Waals surface area contributed by atoms with Crippen molar-refractivity contribution in [2.24, 2.45) is 0 Å². The molecule has 1 aromatic heterocycles. The highest BCUT2D eigenvalue weighted by atomic mass is 35.5. The van der Waals surface area contributed by atoms with Gasteiger partial charge in [-0.1, -0.05) is 65.9 Å². The van der Waals surface area contributed by atoms with Gasteiger partial charge in [-0.05, 0) is 55.8 Å². The molecule has 1 aliphatic heterocycles. The van der Waals surface area contributed by atoms with Crippen LogP contribution in [0.3, 0.4) is 0 Å². The number of hydrogen-bond acceptors (Lipinski definition) is 3. The van der Waals surface area contributed by atoms with Crippen LogP contribution in [-0.2, 0) is 4.79 Å². The minimum absolute atomic E-state index is 0.0938. The molecule has 2 aromatic carbocycles. The number of para-hydroxylation sites is 2. The Labute approximate surface area is 178 Å². The first-order valence-electron chi connectivity index (χ1n) is 8.74. The van der Waals surface area contributed by atoms with Gasteiger partial charge in [-0.3, -0.25) is 9.69 Å². The van der Waals surface area contributed by atoms with Gasteiger partial charge in [0, 0.05) is 11.4 Å². The smallest absolute Gasteiger partial charge is 0.270 e. The van der Waals surface area contributed by atoms with Crippen molar-refractivity contribution in [1.82, 2.24) is 4.57 Å². The molecule has 0 unspecified atom stereocenters. The summed E-state index contributed by atoms with van der Waals surface area (Å²) in [6.07, 6.45) is 1.91. The lowest BCUT2D eigenvalue weighted by molar-refractivity contribution is -0.113. The molecular formula is C22H17ClN2OS2. The van der Waals surface area contributed by atoms with E-state index in [1.165, 1.54) is 11.8 Å². The summed E-state index contributed by atoms with van der Waals surface area (Å²) in [5, 5.41) is 0.686. The van der Waals surface area contributed by atoms with Crippen LogP contribution >= 0.6 is 35.6 Å². The monoisotopic (exact) mass is 424 g/mol. The molecule has 3 nitrogen and oxygen atoms in total. The molecule has 1 fully saturated rings. The van der Waals surface area contributed by atoms with Crippen LogP contribution in [0.15, 0.2) is 65.6 Å².